The lowest BCUT2D eigenvalue weighted by Crippen LogP contribution is -2.15. The first-order valence-electron chi connectivity index (χ1n) is 6.67. The summed E-state index contributed by atoms with van der Waals surface area (Å²) >= 11 is 0. The molecule has 0 aliphatic heterocycles. The highest BCUT2D eigenvalue weighted by Gasteiger charge is 2.12. The molecule has 0 atom stereocenters. The van der Waals surface area contributed by atoms with Crippen LogP contribution in [0, 0.1) is 12.7 Å². The summed E-state index contributed by atoms with van der Waals surface area (Å²) in [5.41, 5.74) is 1.27. The van der Waals surface area contributed by atoms with Gasteiger partial charge in [0.25, 0.3) is 0 Å². The lowest BCUT2D eigenvalue weighted by Gasteiger charge is -2.07. The number of carbonyl (C=O) groups is 1. The molecule has 3 aromatic rings. The average molecular weight is 300 g/mol. The van der Waals surface area contributed by atoms with Crippen molar-refractivity contribution >= 4 is 11.6 Å². The smallest absolute Gasteiger partial charge is 0.230 e. The van der Waals surface area contributed by atoms with E-state index in [0.29, 0.717) is 22.8 Å². The van der Waals surface area contributed by atoms with E-state index in [0.717, 1.165) is 0 Å². The van der Waals surface area contributed by atoms with E-state index >= 15 is 0 Å². The second-order valence-electron chi connectivity index (χ2n) is 4.83. The molecule has 0 fully saturated rings. The molecule has 2 heterocycles. The van der Waals surface area contributed by atoms with Crippen molar-refractivity contribution in [2.24, 2.45) is 0 Å². The maximum absolute atomic E-state index is 13.8. The van der Waals surface area contributed by atoms with Crippen LogP contribution in [-0.2, 0) is 11.2 Å². The van der Waals surface area contributed by atoms with E-state index in [1.807, 2.05) is 0 Å². The minimum absolute atomic E-state index is 0.0156. The molecule has 3 rings (SSSR count). The van der Waals surface area contributed by atoms with Crippen molar-refractivity contribution in [3.8, 4) is 11.3 Å². The fourth-order valence-corrected chi connectivity index (χ4v) is 2.08. The van der Waals surface area contributed by atoms with Crippen molar-refractivity contribution < 1.29 is 18.1 Å². The molecule has 0 aliphatic rings. The number of amides is 1. The van der Waals surface area contributed by atoms with Gasteiger partial charge in [-0.1, -0.05) is 5.16 Å². The van der Waals surface area contributed by atoms with Crippen LogP contribution in [-0.4, -0.2) is 11.1 Å². The number of anilines is 1. The van der Waals surface area contributed by atoms with Gasteiger partial charge in [0.15, 0.2) is 0 Å². The molecule has 0 unspecified atom stereocenters. The lowest BCUT2D eigenvalue weighted by atomic mass is 10.1. The summed E-state index contributed by atoms with van der Waals surface area (Å²) in [6, 6.07) is 9.56. The molecule has 22 heavy (non-hydrogen) atoms. The number of halogens is 1. The first kappa shape index (κ1) is 14.1. The monoisotopic (exact) mass is 300 g/mol. The lowest BCUT2D eigenvalue weighted by molar-refractivity contribution is -0.115. The van der Waals surface area contributed by atoms with Crippen LogP contribution >= 0.6 is 0 Å². The van der Waals surface area contributed by atoms with Crippen molar-refractivity contribution in [3.63, 3.8) is 0 Å². The predicted molar refractivity (Wildman–Crippen MR) is 77.7 cm³/mol. The van der Waals surface area contributed by atoms with Gasteiger partial charge in [-0.2, -0.15) is 0 Å². The highest BCUT2D eigenvalue weighted by molar-refractivity contribution is 5.92. The predicted octanol–water partition coefficient (Wildman–Crippen LogP) is 3.56. The van der Waals surface area contributed by atoms with Crippen LogP contribution in [0.15, 0.2) is 51.6 Å². The molecule has 1 amide bonds. The molecule has 0 saturated heterocycles. The molecule has 0 saturated carbocycles. The number of hydrogen-bond acceptors (Lipinski definition) is 4. The van der Waals surface area contributed by atoms with Gasteiger partial charge in [0.2, 0.25) is 5.91 Å². The Kier molecular flexibility index (Phi) is 3.74. The zero-order valence-corrected chi connectivity index (χ0v) is 11.8. The molecule has 0 aliphatic carbocycles. The molecule has 5 nitrogen and oxygen atoms in total. The second-order valence-corrected chi connectivity index (χ2v) is 4.83. The minimum Gasteiger partial charge on any atom is -0.464 e. The van der Waals surface area contributed by atoms with E-state index in [4.69, 9.17) is 8.94 Å². The second kappa shape index (κ2) is 5.85. The SMILES string of the molecule is Cc1cc(CC(=O)Nc2cc(-c3ccco3)ccc2F)no1. The Bertz CT molecular complexity index is 794. The Balaban J connectivity index is 1.76. The number of furan rings is 1. The number of carbonyl (C=O) groups excluding carboxylic acids is 1. The first-order valence-corrected chi connectivity index (χ1v) is 6.67. The molecular formula is C16H13FN2O3. The van der Waals surface area contributed by atoms with Gasteiger partial charge in [-0.25, -0.2) is 4.39 Å². The number of aryl methyl sites for hydroxylation is 1. The zero-order valence-electron chi connectivity index (χ0n) is 11.8. The highest BCUT2D eigenvalue weighted by Crippen LogP contribution is 2.25. The number of aromatic nitrogens is 1. The van der Waals surface area contributed by atoms with Crippen LogP contribution in [0.2, 0.25) is 0 Å². The number of nitrogens with zero attached hydrogens (tertiary/aromatic N) is 1. The molecule has 0 radical (unpaired) electrons. The van der Waals surface area contributed by atoms with Crippen molar-refractivity contribution in [3.05, 3.63) is 59.9 Å². The van der Waals surface area contributed by atoms with Gasteiger partial charge in [-0.15, -0.1) is 0 Å². The maximum atomic E-state index is 13.8. The van der Waals surface area contributed by atoms with Crippen LogP contribution in [0.4, 0.5) is 10.1 Å². The summed E-state index contributed by atoms with van der Waals surface area (Å²) in [5, 5.41) is 6.27. The van der Waals surface area contributed by atoms with Crippen molar-refractivity contribution in [2.45, 2.75) is 13.3 Å². The highest BCUT2D eigenvalue weighted by atomic mass is 19.1. The molecule has 0 spiro atoms. The normalized spacial score (nSPS) is 10.6. The van der Waals surface area contributed by atoms with Crippen LogP contribution < -0.4 is 5.32 Å². The Morgan fingerprint density at radius 1 is 1.32 bits per heavy atom. The number of rotatable bonds is 4. The maximum Gasteiger partial charge on any atom is 0.230 e. The summed E-state index contributed by atoms with van der Waals surface area (Å²) in [5.74, 6) is 0.334. The third kappa shape index (κ3) is 3.06. The van der Waals surface area contributed by atoms with E-state index in [1.165, 1.54) is 18.4 Å². The summed E-state index contributed by atoms with van der Waals surface area (Å²) < 4.78 is 24.0. The largest absolute Gasteiger partial charge is 0.464 e. The van der Waals surface area contributed by atoms with Crippen molar-refractivity contribution in [1.29, 1.82) is 0 Å². The Morgan fingerprint density at radius 3 is 2.86 bits per heavy atom. The van der Waals surface area contributed by atoms with Crippen molar-refractivity contribution in [1.82, 2.24) is 5.16 Å². The summed E-state index contributed by atoms with van der Waals surface area (Å²) in [6.45, 7) is 1.74. The Hall–Kier alpha value is -2.89. The molecule has 0 bridgehead atoms. The minimum atomic E-state index is -0.514. The van der Waals surface area contributed by atoms with E-state index in [1.54, 1.807) is 31.2 Å². The van der Waals surface area contributed by atoms with Crippen LogP contribution in [0.3, 0.4) is 0 Å². The third-order valence-electron chi connectivity index (χ3n) is 3.06. The fourth-order valence-electron chi connectivity index (χ4n) is 2.08. The van der Waals surface area contributed by atoms with E-state index in [-0.39, 0.29) is 18.0 Å². The number of benzene rings is 1. The molecule has 1 aromatic carbocycles. The van der Waals surface area contributed by atoms with Gasteiger partial charge in [0.05, 0.1) is 24.1 Å². The third-order valence-corrected chi connectivity index (χ3v) is 3.06. The molecule has 2 aromatic heterocycles. The average Bonchev–Trinajstić information content (AvgIpc) is 3.13. The number of hydrogen-bond donors (Lipinski definition) is 1. The van der Waals surface area contributed by atoms with E-state index in [2.05, 4.69) is 10.5 Å². The van der Waals surface area contributed by atoms with Gasteiger partial charge < -0.3 is 14.3 Å². The van der Waals surface area contributed by atoms with Gasteiger partial charge in [-0.05, 0) is 37.3 Å². The number of nitrogens with one attached hydrogen (secondary N) is 1. The Morgan fingerprint density at radius 2 is 2.18 bits per heavy atom. The van der Waals surface area contributed by atoms with Crippen LogP contribution in [0.5, 0.6) is 0 Å². The molecule has 112 valence electrons. The van der Waals surface area contributed by atoms with Crippen molar-refractivity contribution in [2.75, 3.05) is 5.32 Å². The van der Waals surface area contributed by atoms with E-state index in [9.17, 15) is 9.18 Å². The molecule has 1 N–H and O–H groups in total. The topological polar surface area (TPSA) is 68.3 Å². The van der Waals surface area contributed by atoms with Gasteiger partial charge in [0.1, 0.15) is 17.3 Å². The van der Waals surface area contributed by atoms with Crippen LogP contribution in [0.25, 0.3) is 11.3 Å². The quantitative estimate of drug-likeness (QED) is 0.800. The van der Waals surface area contributed by atoms with E-state index < -0.39 is 5.82 Å². The zero-order chi connectivity index (χ0) is 15.5. The van der Waals surface area contributed by atoms with Gasteiger partial charge in [-0.3, -0.25) is 4.79 Å². The van der Waals surface area contributed by atoms with Gasteiger partial charge >= 0.3 is 0 Å². The Labute approximate surface area is 125 Å². The molecule has 6 heteroatoms. The fraction of sp³-hybridized carbons (Fsp3) is 0.125. The summed E-state index contributed by atoms with van der Waals surface area (Å²) in [7, 11) is 0. The summed E-state index contributed by atoms with van der Waals surface area (Å²) in [4.78, 5) is 12.0. The summed E-state index contributed by atoms with van der Waals surface area (Å²) in [6.07, 6.45) is 1.55. The standard InChI is InChI=1S/C16H13FN2O3/c1-10-7-12(19-22-10)9-16(20)18-14-8-11(4-5-13(14)17)15-3-2-6-21-15/h2-8H,9H2,1H3,(H,18,20). The first-order chi connectivity index (χ1) is 10.6. The van der Waals surface area contributed by atoms with Gasteiger partial charge in [0, 0.05) is 11.6 Å². The molecular weight excluding hydrogens is 287 g/mol. The van der Waals surface area contributed by atoms with Crippen LogP contribution in [0.1, 0.15) is 11.5 Å².